The summed E-state index contributed by atoms with van der Waals surface area (Å²) in [7, 11) is 0. The van der Waals surface area contributed by atoms with Crippen molar-refractivity contribution in [2.24, 2.45) is 10.8 Å². The average Bonchev–Trinajstić information content (AvgIpc) is 2.39. The summed E-state index contributed by atoms with van der Waals surface area (Å²) in [5, 5.41) is 9.14. The molecule has 19 heavy (non-hydrogen) atoms. The second-order valence-electron chi connectivity index (χ2n) is 6.78. The van der Waals surface area contributed by atoms with Crippen molar-refractivity contribution in [1.82, 2.24) is 4.90 Å². The standard InChI is InChI=1S/C15H25NO3/c1-14(2,13(18)19)12(17)16-10-8-15(9-11-16)6-4-3-5-7-15/h3-11H2,1-2H3,(H,18,19). The van der Waals surface area contributed by atoms with Crippen LogP contribution < -0.4 is 0 Å². The Hall–Kier alpha value is -1.06. The Bertz CT molecular complexity index is 360. The Morgan fingerprint density at radius 1 is 1.00 bits per heavy atom. The first-order valence-corrected chi connectivity index (χ1v) is 7.40. The van der Waals surface area contributed by atoms with E-state index in [4.69, 9.17) is 5.11 Å². The van der Waals surface area contributed by atoms with E-state index in [1.165, 1.54) is 46.0 Å². The lowest BCUT2D eigenvalue weighted by Gasteiger charge is -2.45. The smallest absolute Gasteiger partial charge is 0.318 e. The number of carboxylic acids is 1. The summed E-state index contributed by atoms with van der Waals surface area (Å²) in [6, 6.07) is 0. The van der Waals surface area contributed by atoms with Gasteiger partial charge in [0.15, 0.2) is 0 Å². The molecule has 108 valence electrons. The number of carbonyl (C=O) groups is 2. The Balaban J connectivity index is 1.96. The van der Waals surface area contributed by atoms with Crippen LogP contribution in [-0.4, -0.2) is 35.0 Å². The van der Waals surface area contributed by atoms with Gasteiger partial charge in [-0.15, -0.1) is 0 Å². The van der Waals surface area contributed by atoms with Crippen molar-refractivity contribution in [2.75, 3.05) is 13.1 Å². The van der Waals surface area contributed by atoms with Gasteiger partial charge in [-0.3, -0.25) is 9.59 Å². The van der Waals surface area contributed by atoms with E-state index in [0.29, 0.717) is 5.41 Å². The van der Waals surface area contributed by atoms with Crippen molar-refractivity contribution in [2.45, 2.75) is 58.8 Å². The highest BCUT2D eigenvalue weighted by Crippen LogP contribution is 2.44. The minimum Gasteiger partial charge on any atom is -0.480 e. The summed E-state index contributed by atoms with van der Waals surface area (Å²) < 4.78 is 0. The van der Waals surface area contributed by atoms with Gasteiger partial charge in [0.1, 0.15) is 5.41 Å². The third kappa shape index (κ3) is 2.77. The van der Waals surface area contributed by atoms with Gasteiger partial charge in [-0.25, -0.2) is 0 Å². The number of hydrogen-bond acceptors (Lipinski definition) is 2. The van der Waals surface area contributed by atoms with Crippen LogP contribution in [0.4, 0.5) is 0 Å². The third-order valence-electron chi connectivity index (χ3n) is 5.09. The lowest BCUT2D eigenvalue weighted by atomic mass is 9.68. The molecule has 0 aromatic heterocycles. The van der Waals surface area contributed by atoms with Crippen molar-refractivity contribution in [1.29, 1.82) is 0 Å². The average molecular weight is 267 g/mol. The number of carbonyl (C=O) groups excluding carboxylic acids is 1. The first-order chi connectivity index (χ1) is 8.87. The van der Waals surface area contributed by atoms with Crippen LogP contribution in [0, 0.1) is 10.8 Å². The molecule has 1 aliphatic carbocycles. The highest BCUT2D eigenvalue weighted by molar-refractivity contribution is 6.01. The van der Waals surface area contributed by atoms with Gasteiger partial charge in [0, 0.05) is 13.1 Å². The molecule has 1 aliphatic heterocycles. The van der Waals surface area contributed by atoms with Crippen LogP contribution in [0.5, 0.6) is 0 Å². The first kappa shape index (κ1) is 14.4. The summed E-state index contributed by atoms with van der Waals surface area (Å²) in [6.07, 6.45) is 8.65. The predicted molar refractivity (Wildman–Crippen MR) is 72.7 cm³/mol. The summed E-state index contributed by atoms with van der Waals surface area (Å²) in [4.78, 5) is 25.2. The van der Waals surface area contributed by atoms with Crippen molar-refractivity contribution >= 4 is 11.9 Å². The van der Waals surface area contributed by atoms with Gasteiger partial charge < -0.3 is 10.0 Å². The monoisotopic (exact) mass is 267 g/mol. The lowest BCUT2D eigenvalue weighted by molar-refractivity contribution is -0.159. The van der Waals surface area contributed by atoms with E-state index in [0.717, 1.165) is 25.9 Å². The molecule has 0 atom stereocenters. The minimum atomic E-state index is -1.29. The molecule has 1 saturated carbocycles. The van der Waals surface area contributed by atoms with E-state index < -0.39 is 11.4 Å². The number of amides is 1. The van der Waals surface area contributed by atoms with Gasteiger partial charge in [-0.1, -0.05) is 19.3 Å². The van der Waals surface area contributed by atoms with E-state index in [1.807, 2.05) is 0 Å². The zero-order valence-corrected chi connectivity index (χ0v) is 12.1. The fraction of sp³-hybridized carbons (Fsp3) is 0.867. The van der Waals surface area contributed by atoms with Crippen LogP contribution in [0.15, 0.2) is 0 Å². The molecular formula is C15H25NO3. The highest BCUT2D eigenvalue weighted by Gasteiger charge is 2.43. The maximum atomic E-state index is 12.3. The summed E-state index contributed by atoms with van der Waals surface area (Å²) in [5.74, 6) is -1.26. The zero-order chi connectivity index (χ0) is 14.1. The van der Waals surface area contributed by atoms with E-state index in [-0.39, 0.29) is 5.91 Å². The molecule has 1 heterocycles. The second kappa shape index (κ2) is 5.14. The van der Waals surface area contributed by atoms with Gasteiger partial charge in [0.25, 0.3) is 0 Å². The van der Waals surface area contributed by atoms with Crippen LogP contribution in [0.2, 0.25) is 0 Å². The maximum absolute atomic E-state index is 12.3. The molecular weight excluding hydrogens is 242 g/mol. The number of piperidine rings is 1. The van der Waals surface area contributed by atoms with Crippen molar-refractivity contribution in [3.05, 3.63) is 0 Å². The largest absolute Gasteiger partial charge is 0.480 e. The van der Waals surface area contributed by atoms with Crippen molar-refractivity contribution in [3.8, 4) is 0 Å². The summed E-state index contributed by atoms with van der Waals surface area (Å²) in [5.41, 5.74) is -0.848. The van der Waals surface area contributed by atoms with Crippen LogP contribution in [0.25, 0.3) is 0 Å². The number of hydrogen-bond donors (Lipinski definition) is 1. The van der Waals surface area contributed by atoms with Gasteiger partial charge in [0.05, 0.1) is 0 Å². The molecule has 1 amide bonds. The molecule has 0 aromatic carbocycles. The first-order valence-electron chi connectivity index (χ1n) is 7.40. The van der Waals surface area contributed by atoms with E-state index in [2.05, 4.69) is 0 Å². The molecule has 0 aromatic rings. The third-order valence-corrected chi connectivity index (χ3v) is 5.09. The molecule has 0 bridgehead atoms. The fourth-order valence-electron chi connectivity index (χ4n) is 3.47. The highest BCUT2D eigenvalue weighted by atomic mass is 16.4. The number of likely N-dealkylation sites (tertiary alicyclic amines) is 1. The molecule has 1 spiro atoms. The van der Waals surface area contributed by atoms with Gasteiger partial charge >= 0.3 is 5.97 Å². The van der Waals surface area contributed by atoms with Crippen molar-refractivity contribution < 1.29 is 14.7 Å². The SMILES string of the molecule is CC(C)(C(=O)O)C(=O)N1CCC2(CCCCC2)CC1. The number of carboxylic acid groups (broad SMARTS) is 1. The number of nitrogens with zero attached hydrogens (tertiary/aromatic N) is 1. The molecule has 0 unspecified atom stereocenters. The Morgan fingerprint density at radius 3 is 2.00 bits per heavy atom. The Morgan fingerprint density at radius 2 is 1.53 bits per heavy atom. The lowest BCUT2D eigenvalue weighted by Crippen LogP contribution is -2.50. The summed E-state index contributed by atoms with van der Waals surface area (Å²) >= 11 is 0. The molecule has 4 heteroatoms. The maximum Gasteiger partial charge on any atom is 0.318 e. The second-order valence-corrected chi connectivity index (χ2v) is 6.78. The van der Waals surface area contributed by atoms with E-state index in [1.54, 1.807) is 4.90 Å². The van der Waals surface area contributed by atoms with Crippen LogP contribution in [0.3, 0.4) is 0 Å². The summed E-state index contributed by atoms with van der Waals surface area (Å²) in [6.45, 7) is 4.47. The van der Waals surface area contributed by atoms with Crippen LogP contribution in [0.1, 0.15) is 58.8 Å². The molecule has 1 N–H and O–H groups in total. The minimum absolute atomic E-state index is 0.231. The van der Waals surface area contributed by atoms with Gasteiger partial charge in [0.2, 0.25) is 5.91 Å². The van der Waals surface area contributed by atoms with Crippen molar-refractivity contribution in [3.63, 3.8) is 0 Å². The molecule has 1 saturated heterocycles. The van der Waals surface area contributed by atoms with Crippen LogP contribution in [-0.2, 0) is 9.59 Å². The molecule has 2 aliphatic rings. The molecule has 0 radical (unpaired) electrons. The molecule has 2 rings (SSSR count). The number of aliphatic carboxylic acids is 1. The topological polar surface area (TPSA) is 57.6 Å². The molecule has 4 nitrogen and oxygen atoms in total. The Kier molecular flexibility index (Phi) is 3.88. The number of rotatable bonds is 2. The Labute approximate surface area is 115 Å². The van der Waals surface area contributed by atoms with E-state index in [9.17, 15) is 9.59 Å². The quantitative estimate of drug-likeness (QED) is 0.783. The van der Waals surface area contributed by atoms with E-state index >= 15 is 0 Å². The zero-order valence-electron chi connectivity index (χ0n) is 12.1. The normalized spacial score (nSPS) is 23.4. The van der Waals surface area contributed by atoms with Gasteiger partial charge in [-0.2, -0.15) is 0 Å². The predicted octanol–water partition coefficient (Wildman–Crippen LogP) is 2.67. The van der Waals surface area contributed by atoms with Crippen LogP contribution >= 0.6 is 0 Å². The fourth-order valence-corrected chi connectivity index (χ4v) is 3.47. The van der Waals surface area contributed by atoms with Gasteiger partial charge in [-0.05, 0) is 44.9 Å². The molecule has 2 fully saturated rings.